The van der Waals surface area contributed by atoms with Crippen LogP contribution >= 0.6 is 0 Å². The Labute approximate surface area is 156 Å². The molecule has 0 bridgehead atoms. The van der Waals surface area contributed by atoms with Crippen LogP contribution in [-0.2, 0) is 11.8 Å². The average Bonchev–Trinajstić information content (AvgIpc) is 2.63. The molecule has 0 aliphatic heterocycles. The third-order valence-corrected chi connectivity index (χ3v) is 4.18. The number of nitrogens with zero attached hydrogens (tertiary/aromatic N) is 2. The monoisotopic (exact) mass is 355 g/mol. The summed E-state index contributed by atoms with van der Waals surface area (Å²) < 4.78 is 5.76. The predicted octanol–water partition coefficient (Wildman–Crippen LogP) is 3.64. The number of amides is 2. The first-order valence-corrected chi connectivity index (χ1v) is 8.97. The van der Waals surface area contributed by atoms with Crippen LogP contribution in [0.25, 0.3) is 0 Å². The van der Waals surface area contributed by atoms with Crippen LogP contribution in [0.3, 0.4) is 0 Å². The Kier molecular flexibility index (Phi) is 7.01. The van der Waals surface area contributed by atoms with E-state index >= 15 is 0 Å². The van der Waals surface area contributed by atoms with Gasteiger partial charge in [0.1, 0.15) is 12.4 Å². The number of hydrogen-bond donors (Lipinski definition) is 1. The fraction of sp³-hybridized carbons (Fsp3) is 0.429. The molecule has 1 aromatic carbocycles. The molecule has 5 nitrogen and oxygen atoms in total. The zero-order valence-electron chi connectivity index (χ0n) is 16.2. The lowest BCUT2D eigenvalue weighted by molar-refractivity contribution is 0.206. The van der Waals surface area contributed by atoms with Gasteiger partial charge in [-0.15, -0.1) is 0 Å². The van der Waals surface area contributed by atoms with E-state index in [1.807, 2.05) is 24.3 Å². The van der Waals surface area contributed by atoms with Crippen molar-refractivity contribution in [2.24, 2.45) is 0 Å². The average molecular weight is 355 g/mol. The molecule has 5 heteroatoms. The van der Waals surface area contributed by atoms with Gasteiger partial charge in [0, 0.05) is 26.0 Å². The lowest BCUT2D eigenvalue weighted by Gasteiger charge is -2.20. The van der Waals surface area contributed by atoms with Crippen LogP contribution in [0.5, 0.6) is 5.75 Å². The first-order valence-electron chi connectivity index (χ1n) is 8.97. The summed E-state index contributed by atoms with van der Waals surface area (Å²) in [4.78, 5) is 17.8. The second-order valence-corrected chi connectivity index (χ2v) is 7.39. The second-order valence-electron chi connectivity index (χ2n) is 7.39. The highest BCUT2D eigenvalue weighted by Crippen LogP contribution is 2.25. The number of carbonyl (C=O) groups is 1. The van der Waals surface area contributed by atoms with E-state index in [0.29, 0.717) is 19.7 Å². The van der Waals surface area contributed by atoms with Gasteiger partial charge in [0.15, 0.2) is 0 Å². The molecule has 0 saturated carbocycles. The minimum absolute atomic E-state index is 0.0884. The van der Waals surface area contributed by atoms with Gasteiger partial charge < -0.3 is 15.0 Å². The molecule has 1 heterocycles. The maximum atomic E-state index is 12.1. The number of urea groups is 1. The molecule has 0 aliphatic rings. The molecule has 2 amide bonds. The van der Waals surface area contributed by atoms with E-state index in [1.165, 1.54) is 11.1 Å². The smallest absolute Gasteiger partial charge is 0.317 e. The highest BCUT2D eigenvalue weighted by molar-refractivity contribution is 5.73. The lowest BCUT2D eigenvalue weighted by atomic mass is 9.87. The van der Waals surface area contributed by atoms with Gasteiger partial charge in [-0.2, -0.15) is 0 Å². The fourth-order valence-electron chi connectivity index (χ4n) is 2.46. The maximum absolute atomic E-state index is 12.1. The summed E-state index contributed by atoms with van der Waals surface area (Å²) in [6, 6.07) is 11.9. The summed E-state index contributed by atoms with van der Waals surface area (Å²) in [5.41, 5.74) is 2.49. The first-order chi connectivity index (χ1) is 12.4. The third-order valence-electron chi connectivity index (χ3n) is 4.18. The van der Waals surface area contributed by atoms with Crippen molar-refractivity contribution < 1.29 is 9.53 Å². The Morgan fingerprint density at radius 3 is 2.62 bits per heavy atom. The van der Waals surface area contributed by atoms with Gasteiger partial charge in [0.05, 0.1) is 6.54 Å². The summed E-state index contributed by atoms with van der Waals surface area (Å²) in [7, 11) is 1.80. The van der Waals surface area contributed by atoms with Gasteiger partial charge in [-0.05, 0) is 47.2 Å². The van der Waals surface area contributed by atoms with Crippen molar-refractivity contribution in [3.05, 3.63) is 59.9 Å². The molecule has 0 radical (unpaired) electrons. The number of ether oxygens (including phenoxy) is 1. The molecule has 0 fully saturated rings. The Bertz CT molecular complexity index is 696. The molecule has 0 atom stereocenters. The Hall–Kier alpha value is -2.56. The van der Waals surface area contributed by atoms with Crippen molar-refractivity contribution in [1.82, 2.24) is 15.2 Å². The molecule has 2 aromatic rings. The Morgan fingerprint density at radius 2 is 1.92 bits per heavy atom. The number of likely N-dealkylation sites (N-methyl/N-ethyl adjacent to an activating group) is 1. The van der Waals surface area contributed by atoms with Crippen LogP contribution in [0, 0.1) is 0 Å². The van der Waals surface area contributed by atoms with Crippen molar-refractivity contribution in [2.75, 3.05) is 26.7 Å². The number of hydrogen-bond acceptors (Lipinski definition) is 3. The quantitative estimate of drug-likeness (QED) is 0.772. The highest BCUT2D eigenvalue weighted by atomic mass is 16.5. The zero-order valence-corrected chi connectivity index (χ0v) is 16.2. The van der Waals surface area contributed by atoms with Gasteiger partial charge in [-0.3, -0.25) is 4.98 Å². The van der Waals surface area contributed by atoms with Crippen molar-refractivity contribution in [3.63, 3.8) is 0 Å². The second kappa shape index (κ2) is 9.22. The van der Waals surface area contributed by atoms with Gasteiger partial charge in [-0.1, -0.05) is 32.9 Å². The number of carbonyl (C=O) groups excluding carboxylic acids is 1. The van der Waals surface area contributed by atoms with E-state index in [9.17, 15) is 4.79 Å². The SMILES string of the molecule is CN(CCc1ccncc1)C(=O)NCCOc1cccc(C(C)(C)C)c1. The van der Waals surface area contributed by atoms with Gasteiger partial charge >= 0.3 is 6.03 Å². The third kappa shape index (κ3) is 6.39. The molecule has 0 saturated heterocycles. The van der Waals surface area contributed by atoms with Crippen LogP contribution < -0.4 is 10.1 Å². The number of benzene rings is 1. The Balaban J connectivity index is 1.69. The van der Waals surface area contributed by atoms with Gasteiger partial charge in [0.25, 0.3) is 0 Å². The van der Waals surface area contributed by atoms with Crippen LogP contribution in [0.4, 0.5) is 4.79 Å². The highest BCUT2D eigenvalue weighted by Gasteiger charge is 2.14. The van der Waals surface area contributed by atoms with Crippen molar-refractivity contribution in [3.8, 4) is 5.75 Å². The first kappa shape index (κ1) is 19.8. The van der Waals surface area contributed by atoms with Crippen molar-refractivity contribution in [2.45, 2.75) is 32.6 Å². The molecule has 0 spiro atoms. The predicted molar refractivity (Wildman–Crippen MR) is 105 cm³/mol. The van der Waals surface area contributed by atoms with E-state index in [2.05, 4.69) is 43.2 Å². The lowest BCUT2D eigenvalue weighted by Crippen LogP contribution is -2.40. The van der Waals surface area contributed by atoms with Crippen molar-refractivity contribution in [1.29, 1.82) is 0 Å². The summed E-state index contributed by atoms with van der Waals surface area (Å²) in [5.74, 6) is 0.831. The molecular weight excluding hydrogens is 326 g/mol. The molecular formula is C21H29N3O2. The molecule has 0 aliphatic carbocycles. The van der Waals surface area contributed by atoms with Crippen LogP contribution in [0.15, 0.2) is 48.8 Å². The molecule has 140 valence electrons. The normalized spacial score (nSPS) is 11.1. The molecule has 1 aromatic heterocycles. The van der Waals surface area contributed by atoms with Crippen LogP contribution in [0.1, 0.15) is 31.9 Å². The minimum atomic E-state index is -0.0916. The van der Waals surface area contributed by atoms with E-state index in [-0.39, 0.29) is 11.4 Å². The zero-order chi connectivity index (χ0) is 19.0. The molecule has 0 unspecified atom stereocenters. The largest absolute Gasteiger partial charge is 0.492 e. The van der Waals surface area contributed by atoms with Crippen molar-refractivity contribution >= 4 is 6.03 Å². The number of nitrogens with one attached hydrogen (secondary N) is 1. The fourth-order valence-corrected chi connectivity index (χ4v) is 2.46. The van der Waals surface area contributed by atoms with Gasteiger partial charge in [0.2, 0.25) is 0 Å². The van der Waals surface area contributed by atoms with E-state index < -0.39 is 0 Å². The summed E-state index contributed by atoms with van der Waals surface area (Å²) in [5, 5.41) is 2.88. The van der Waals surface area contributed by atoms with Gasteiger partial charge in [-0.25, -0.2) is 4.79 Å². The standard InChI is InChI=1S/C21H29N3O2/c1-21(2,3)18-6-5-7-19(16-18)26-15-13-23-20(25)24(4)14-10-17-8-11-22-12-9-17/h5-9,11-12,16H,10,13-15H2,1-4H3,(H,23,25). The van der Waals surface area contributed by atoms with E-state index in [4.69, 9.17) is 4.74 Å². The van der Waals surface area contributed by atoms with E-state index in [0.717, 1.165) is 12.2 Å². The molecule has 26 heavy (non-hydrogen) atoms. The summed E-state index contributed by atoms with van der Waals surface area (Å²) in [6.07, 6.45) is 4.34. The number of rotatable bonds is 7. The van der Waals surface area contributed by atoms with Crippen LogP contribution in [0.2, 0.25) is 0 Å². The molecule has 2 rings (SSSR count). The van der Waals surface area contributed by atoms with Crippen LogP contribution in [-0.4, -0.2) is 42.7 Å². The summed E-state index contributed by atoms with van der Waals surface area (Å²) >= 11 is 0. The topological polar surface area (TPSA) is 54.5 Å². The van der Waals surface area contributed by atoms with E-state index in [1.54, 1.807) is 24.3 Å². The minimum Gasteiger partial charge on any atom is -0.492 e. The maximum Gasteiger partial charge on any atom is 0.317 e. The summed E-state index contributed by atoms with van der Waals surface area (Å²) in [6.45, 7) is 8.09. The number of pyridine rings is 1. The number of aromatic nitrogens is 1. The Morgan fingerprint density at radius 1 is 1.19 bits per heavy atom. The molecule has 1 N–H and O–H groups in total.